The van der Waals surface area contributed by atoms with E-state index in [1.165, 1.54) is 11.3 Å². The van der Waals surface area contributed by atoms with Gasteiger partial charge in [-0.3, -0.25) is 4.79 Å². The summed E-state index contributed by atoms with van der Waals surface area (Å²) in [6.07, 6.45) is 2.55. The van der Waals surface area contributed by atoms with Crippen molar-refractivity contribution >= 4 is 44.4 Å². The minimum Gasteiger partial charge on any atom is -0.397 e. The number of benzene rings is 1. The molecule has 0 aliphatic carbocycles. The number of nitrogens with one attached hydrogen (secondary N) is 1. The molecule has 6 heteroatoms. The van der Waals surface area contributed by atoms with Crippen LogP contribution >= 0.6 is 22.7 Å². The Labute approximate surface area is 130 Å². The number of nitrogens with zero attached hydrogens (tertiary/aromatic N) is 1. The second-order valence-corrected chi connectivity index (χ2v) is 6.62. The lowest BCUT2D eigenvalue weighted by Crippen LogP contribution is -2.27. The lowest BCUT2D eigenvalue weighted by molar-refractivity contribution is 0.0940. The maximum Gasteiger partial charge on any atom is 0.264 e. The van der Waals surface area contributed by atoms with Crippen LogP contribution in [0.4, 0.5) is 5.69 Å². The van der Waals surface area contributed by atoms with E-state index < -0.39 is 0 Å². The van der Waals surface area contributed by atoms with Crippen molar-refractivity contribution in [1.29, 1.82) is 0 Å². The molecule has 0 aliphatic heterocycles. The lowest BCUT2D eigenvalue weighted by Gasteiger charge is -2.13. The lowest BCUT2D eigenvalue weighted by atomic mass is 10.2. The Bertz CT molecular complexity index is 764. The zero-order chi connectivity index (χ0) is 14.8. The molecule has 1 atom stereocenters. The van der Waals surface area contributed by atoms with E-state index in [0.29, 0.717) is 10.6 Å². The van der Waals surface area contributed by atoms with Gasteiger partial charge in [0.05, 0.1) is 11.7 Å². The number of carbonyl (C=O) groups is 1. The summed E-state index contributed by atoms with van der Waals surface area (Å²) in [5.41, 5.74) is 6.67. The number of nitrogen functional groups attached to an aromatic ring is 1. The van der Waals surface area contributed by atoms with Crippen LogP contribution in [0.3, 0.4) is 0 Å². The first-order valence-electron chi connectivity index (χ1n) is 6.68. The van der Waals surface area contributed by atoms with E-state index >= 15 is 0 Å². The number of nitrogens with two attached hydrogens (primary N) is 1. The Morgan fingerprint density at radius 2 is 2.24 bits per heavy atom. The zero-order valence-corrected chi connectivity index (χ0v) is 13.1. The largest absolute Gasteiger partial charge is 0.397 e. The van der Waals surface area contributed by atoms with Crippen LogP contribution in [0.5, 0.6) is 0 Å². The van der Waals surface area contributed by atoms with Gasteiger partial charge in [-0.25, -0.2) is 4.98 Å². The number of rotatable bonds is 4. The Hall–Kier alpha value is -1.92. The van der Waals surface area contributed by atoms with Crippen molar-refractivity contribution in [2.24, 2.45) is 0 Å². The average Bonchev–Trinajstić information content (AvgIpc) is 3.13. The topological polar surface area (TPSA) is 68.0 Å². The van der Waals surface area contributed by atoms with Crippen molar-refractivity contribution in [3.63, 3.8) is 0 Å². The first kappa shape index (κ1) is 14.0. The van der Waals surface area contributed by atoms with E-state index in [-0.39, 0.29) is 11.9 Å². The summed E-state index contributed by atoms with van der Waals surface area (Å²) in [6.45, 7) is 2.03. The quantitative estimate of drug-likeness (QED) is 0.768. The number of carbonyl (C=O) groups excluding carboxylic acids is 1. The normalized spacial score (nSPS) is 12.4. The van der Waals surface area contributed by atoms with E-state index in [9.17, 15) is 4.79 Å². The Morgan fingerprint density at radius 3 is 2.90 bits per heavy atom. The van der Waals surface area contributed by atoms with Crippen LogP contribution in [0.2, 0.25) is 0 Å². The molecule has 3 rings (SSSR count). The molecular formula is C15H15N3OS2. The van der Waals surface area contributed by atoms with Gasteiger partial charge in [0.1, 0.15) is 9.88 Å². The third-order valence-corrected chi connectivity index (χ3v) is 5.38. The first-order valence-corrected chi connectivity index (χ1v) is 8.37. The van der Waals surface area contributed by atoms with Gasteiger partial charge in [0, 0.05) is 21.7 Å². The molecular weight excluding hydrogens is 302 g/mol. The predicted molar refractivity (Wildman–Crippen MR) is 88.8 cm³/mol. The summed E-state index contributed by atoms with van der Waals surface area (Å²) in [5, 5.41) is 6.80. The number of hydrogen-bond acceptors (Lipinski definition) is 5. The van der Waals surface area contributed by atoms with Crippen LogP contribution in [-0.2, 0) is 0 Å². The van der Waals surface area contributed by atoms with Crippen molar-refractivity contribution in [2.45, 2.75) is 19.4 Å². The number of thiazole rings is 1. The Kier molecular flexibility index (Phi) is 3.90. The molecule has 0 radical (unpaired) electrons. The summed E-state index contributed by atoms with van der Waals surface area (Å²) in [5.74, 6) is -0.129. The van der Waals surface area contributed by atoms with E-state index in [4.69, 9.17) is 5.73 Å². The van der Waals surface area contributed by atoms with Crippen LogP contribution < -0.4 is 11.1 Å². The van der Waals surface area contributed by atoms with Gasteiger partial charge >= 0.3 is 0 Å². The van der Waals surface area contributed by atoms with Crippen LogP contribution in [0.25, 0.3) is 10.1 Å². The number of aromatic nitrogens is 1. The molecule has 0 fully saturated rings. The fourth-order valence-electron chi connectivity index (χ4n) is 2.20. The molecule has 1 aromatic carbocycles. The molecule has 21 heavy (non-hydrogen) atoms. The predicted octanol–water partition coefficient (Wildman–Crippen LogP) is 3.82. The molecule has 2 aromatic heterocycles. The van der Waals surface area contributed by atoms with Crippen molar-refractivity contribution < 1.29 is 4.79 Å². The first-order chi connectivity index (χ1) is 10.2. The van der Waals surface area contributed by atoms with Crippen LogP contribution in [0.15, 0.2) is 35.8 Å². The minimum absolute atomic E-state index is 0.0675. The maximum absolute atomic E-state index is 12.5. The van der Waals surface area contributed by atoms with Gasteiger partial charge in [0.15, 0.2) is 0 Å². The molecule has 3 aromatic rings. The number of amides is 1. The third kappa shape index (κ3) is 2.64. The van der Waals surface area contributed by atoms with E-state index in [0.717, 1.165) is 21.5 Å². The van der Waals surface area contributed by atoms with Crippen molar-refractivity contribution in [3.8, 4) is 0 Å². The van der Waals surface area contributed by atoms with Gasteiger partial charge in [0.2, 0.25) is 0 Å². The fraction of sp³-hybridized carbons (Fsp3) is 0.200. The highest BCUT2D eigenvalue weighted by molar-refractivity contribution is 7.21. The average molecular weight is 317 g/mol. The molecule has 0 saturated carbocycles. The summed E-state index contributed by atoms with van der Waals surface area (Å²) in [7, 11) is 0. The summed E-state index contributed by atoms with van der Waals surface area (Å²) < 4.78 is 1.03. The molecule has 0 aliphatic rings. The van der Waals surface area contributed by atoms with Gasteiger partial charge in [-0.1, -0.05) is 25.1 Å². The van der Waals surface area contributed by atoms with Crippen molar-refractivity contribution in [3.05, 3.63) is 45.7 Å². The van der Waals surface area contributed by atoms with Gasteiger partial charge in [0.25, 0.3) is 5.91 Å². The number of thiophene rings is 1. The van der Waals surface area contributed by atoms with Crippen molar-refractivity contribution in [1.82, 2.24) is 10.3 Å². The highest BCUT2D eigenvalue weighted by Crippen LogP contribution is 2.33. The maximum atomic E-state index is 12.5. The van der Waals surface area contributed by atoms with Gasteiger partial charge in [-0.15, -0.1) is 22.7 Å². The molecule has 1 amide bonds. The fourth-order valence-corrected chi connectivity index (χ4v) is 4.00. The second-order valence-electron chi connectivity index (χ2n) is 4.65. The second kappa shape index (κ2) is 5.83. The number of anilines is 1. The molecule has 0 saturated heterocycles. The van der Waals surface area contributed by atoms with Crippen LogP contribution in [-0.4, -0.2) is 10.9 Å². The van der Waals surface area contributed by atoms with Gasteiger partial charge in [-0.05, 0) is 12.5 Å². The molecule has 108 valence electrons. The monoisotopic (exact) mass is 317 g/mol. The minimum atomic E-state index is -0.129. The molecule has 0 spiro atoms. The van der Waals surface area contributed by atoms with Crippen molar-refractivity contribution in [2.75, 3.05) is 5.73 Å². The Balaban J connectivity index is 1.88. The summed E-state index contributed by atoms with van der Waals surface area (Å²) in [6, 6.07) is 7.73. The third-order valence-electron chi connectivity index (χ3n) is 3.30. The van der Waals surface area contributed by atoms with Gasteiger partial charge in [-0.2, -0.15) is 0 Å². The summed E-state index contributed by atoms with van der Waals surface area (Å²) in [4.78, 5) is 17.3. The van der Waals surface area contributed by atoms with E-state index in [1.54, 1.807) is 17.5 Å². The molecule has 3 N–H and O–H groups in total. The molecule has 4 nitrogen and oxygen atoms in total. The Morgan fingerprint density at radius 1 is 1.43 bits per heavy atom. The standard InChI is InChI=1S/C15H15N3OS2/c1-2-10(15-17-7-8-20-15)18-14(19)13-12(16)9-5-3-4-6-11(9)21-13/h3-8,10H,2,16H2,1H3,(H,18,19). The van der Waals surface area contributed by atoms with E-state index in [1.807, 2.05) is 36.6 Å². The smallest absolute Gasteiger partial charge is 0.264 e. The SMILES string of the molecule is CCC(NC(=O)c1sc2ccccc2c1N)c1nccs1. The van der Waals surface area contributed by atoms with Gasteiger partial charge < -0.3 is 11.1 Å². The summed E-state index contributed by atoms with van der Waals surface area (Å²) >= 11 is 2.98. The van der Waals surface area contributed by atoms with Crippen LogP contribution in [0, 0.1) is 0 Å². The zero-order valence-electron chi connectivity index (χ0n) is 11.5. The number of fused-ring (bicyclic) bond motifs is 1. The van der Waals surface area contributed by atoms with Crippen LogP contribution in [0.1, 0.15) is 34.1 Å². The van der Waals surface area contributed by atoms with E-state index in [2.05, 4.69) is 10.3 Å². The molecule has 0 bridgehead atoms. The number of hydrogen-bond donors (Lipinski definition) is 2. The molecule has 2 heterocycles. The highest BCUT2D eigenvalue weighted by Gasteiger charge is 2.20. The molecule has 1 unspecified atom stereocenters. The highest BCUT2D eigenvalue weighted by atomic mass is 32.1.